The Balaban J connectivity index is 1.18. The molecule has 1 amide bonds. The van der Waals surface area contributed by atoms with Crippen LogP contribution in [0.15, 0.2) is 42.5 Å². The van der Waals surface area contributed by atoms with Gasteiger partial charge in [0.05, 0.1) is 5.69 Å². The second-order valence-electron chi connectivity index (χ2n) is 9.56. The molecule has 8 nitrogen and oxygen atoms in total. The number of carbonyl (C=O) groups is 1. The molecule has 0 aliphatic carbocycles. The second kappa shape index (κ2) is 10.5. The molecule has 5 rings (SSSR count). The molecule has 4 heterocycles. The van der Waals surface area contributed by atoms with Crippen LogP contribution in [0, 0.1) is 13.8 Å². The minimum atomic E-state index is 0.218. The quantitative estimate of drug-likeness (QED) is 0.545. The third-order valence-electron chi connectivity index (χ3n) is 7.32. The van der Waals surface area contributed by atoms with Crippen LogP contribution >= 0.6 is 0 Å². The van der Waals surface area contributed by atoms with E-state index in [4.69, 9.17) is 5.10 Å². The van der Waals surface area contributed by atoms with E-state index in [-0.39, 0.29) is 5.91 Å². The fourth-order valence-corrected chi connectivity index (χ4v) is 5.23. The number of para-hydroxylation sites is 1. The molecule has 0 atom stereocenters. The number of piperazine rings is 1. The minimum Gasteiger partial charge on any atom is -0.368 e. The Morgan fingerprint density at radius 2 is 1.49 bits per heavy atom. The minimum absolute atomic E-state index is 0.218. The van der Waals surface area contributed by atoms with E-state index in [1.165, 1.54) is 24.9 Å². The van der Waals surface area contributed by atoms with Gasteiger partial charge >= 0.3 is 0 Å². The van der Waals surface area contributed by atoms with E-state index < -0.39 is 0 Å². The number of carbonyl (C=O) groups excluding carboxylic acids is 1. The fraction of sp³-hybridized carbons (Fsp3) is 0.481. The van der Waals surface area contributed by atoms with Gasteiger partial charge in [-0.3, -0.25) is 4.79 Å². The van der Waals surface area contributed by atoms with Gasteiger partial charge in [0, 0.05) is 57.1 Å². The Bertz CT molecular complexity index is 1130. The smallest absolute Gasteiger partial charge is 0.223 e. The number of amides is 1. The maximum Gasteiger partial charge on any atom is 0.223 e. The van der Waals surface area contributed by atoms with E-state index in [2.05, 4.69) is 51.2 Å². The Kier molecular flexibility index (Phi) is 6.97. The highest BCUT2D eigenvalue weighted by Crippen LogP contribution is 2.22. The first-order chi connectivity index (χ1) is 17.1. The lowest BCUT2D eigenvalue weighted by molar-refractivity contribution is -0.131. The van der Waals surface area contributed by atoms with Crippen molar-refractivity contribution in [3.63, 3.8) is 0 Å². The van der Waals surface area contributed by atoms with Crippen molar-refractivity contribution in [2.45, 2.75) is 46.0 Å². The van der Waals surface area contributed by atoms with Gasteiger partial charge in [-0.2, -0.15) is 5.10 Å². The van der Waals surface area contributed by atoms with Crippen LogP contribution in [-0.2, 0) is 11.2 Å². The van der Waals surface area contributed by atoms with Gasteiger partial charge in [0.25, 0.3) is 0 Å². The molecule has 0 radical (unpaired) electrons. The number of hydrogen-bond donors (Lipinski definition) is 0. The van der Waals surface area contributed by atoms with Gasteiger partial charge < -0.3 is 14.7 Å². The molecule has 3 aromatic rings. The number of piperidine rings is 1. The average Bonchev–Trinajstić information content (AvgIpc) is 3.21. The number of aromatic nitrogens is 4. The third kappa shape index (κ3) is 5.16. The van der Waals surface area contributed by atoms with Crippen LogP contribution in [0.2, 0.25) is 0 Å². The molecule has 35 heavy (non-hydrogen) atoms. The Labute approximate surface area is 207 Å². The molecule has 2 saturated heterocycles. The molecule has 0 spiro atoms. The van der Waals surface area contributed by atoms with Crippen molar-refractivity contribution in [1.29, 1.82) is 0 Å². The van der Waals surface area contributed by atoms with Crippen LogP contribution in [0.5, 0.6) is 0 Å². The molecule has 2 fully saturated rings. The van der Waals surface area contributed by atoms with Gasteiger partial charge in [-0.05, 0) is 69.4 Å². The van der Waals surface area contributed by atoms with Crippen molar-refractivity contribution >= 4 is 17.4 Å². The van der Waals surface area contributed by atoms with Crippen LogP contribution in [0.4, 0.5) is 11.5 Å². The standard InChI is InChI=1S/C27H35N7O/c1-21-24(11-14-27(35)33-19-17-31(18-20-33)23-9-5-3-6-10-23)22(2)34(30-21)26-13-12-25(28-29-26)32-15-7-4-8-16-32/h3,5-6,9-10,12-13H,4,7-8,11,14-20H2,1-2H3. The van der Waals surface area contributed by atoms with E-state index in [9.17, 15) is 4.79 Å². The molecule has 2 aliphatic rings. The molecule has 0 saturated carbocycles. The number of anilines is 2. The first kappa shape index (κ1) is 23.3. The lowest BCUT2D eigenvalue weighted by Gasteiger charge is -2.36. The summed E-state index contributed by atoms with van der Waals surface area (Å²) in [5, 5.41) is 13.7. The zero-order valence-corrected chi connectivity index (χ0v) is 20.9. The highest BCUT2D eigenvalue weighted by Gasteiger charge is 2.22. The van der Waals surface area contributed by atoms with Crippen molar-refractivity contribution in [2.24, 2.45) is 0 Å². The molecule has 8 heteroatoms. The Hall–Kier alpha value is -3.42. The van der Waals surface area contributed by atoms with E-state index in [1.807, 2.05) is 34.7 Å². The van der Waals surface area contributed by atoms with E-state index in [0.717, 1.165) is 67.9 Å². The van der Waals surface area contributed by atoms with Crippen LogP contribution < -0.4 is 9.80 Å². The summed E-state index contributed by atoms with van der Waals surface area (Å²) in [7, 11) is 0. The molecule has 2 aliphatic heterocycles. The molecule has 0 bridgehead atoms. The van der Waals surface area contributed by atoms with Gasteiger partial charge in [-0.25, -0.2) is 4.68 Å². The highest BCUT2D eigenvalue weighted by molar-refractivity contribution is 5.77. The van der Waals surface area contributed by atoms with Gasteiger partial charge in [0.1, 0.15) is 0 Å². The number of benzene rings is 1. The van der Waals surface area contributed by atoms with E-state index in [0.29, 0.717) is 12.8 Å². The van der Waals surface area contributed by atoms with Crippen LogP contribution in [0.1, 0.15) is 42.6 Å². The normalized spacial score (nSPS) is 16.6. The SMILES string of the molecule is Cc1nn(-c2ccc(N3CCCCC3)nn2)c(C)c1CCC(=O)N1CCN(c2ccccc2)CC1. The third-order valence-corrected chi connectivity index (χ3v) is 7.32. The number of aryl methyl sites for hydroxylation is 1. The maximum absolute atomic E-state index is 13.0. The molecular weight excluding hydrogens is 438 g/mol. The van der Waals surface area contributed by atoms with Crippen molar-refractivity contribution in [1.82, 2.24) is 24.9 Å². The summed E-state index contributed by atoms with van der Waals surface area (Å²) in [6, 6.07) is 14.5. The van der Waals surface area contributed by atoms with E-state index in [1.54, 1.807) is 0 Å². The van der Waals surface area contributed by atoms with Gasteiger partial charge in [-0.15, -0.1) is 10.2 Å². The first-order valence-electron chi connectivity index (χ1n) is 12.8. The van der Waals surface area contributed by atoms with Crippen molar-refractivity contribution in [3.8, 4) is 5.82 Å². The first-order valence-corrected chi connectivity index (χ1v) is 12.8. The highest BCUT2D eigenvalue weighted by atomic mass is 16.2. The summed E-state index contributed by atoms with van der Waals surface area (Å²) in [4.78, 5) is 19.6. The summed E-state index contributed by atoms with van der Waals surface area (Å²) >= 11 is 0. The predicted octanol–water partition coefficient (Wildman–Crippen LogP) is 3.55. The zero-order valence-electron chi connectivity index (χ0n) is 20.9. The topological polar surface area (TPSA) is 70.4 Å². The number of nitrogens with zero attached hydrogens (tertiary/aromatic N) is 7. The van der Waals surface area contributed by atoms with Crippen molar-refractivity contribution < 1.29 is 4.79 Å². The largest absolute Gasteiger partial charge is 0.368 e. The van der Waals surface area contributed by atoms with Crippen LogP contribution in [0.3, 0.4) is 0 Å². The van der Waals surface area contributed by atoms with Crippen LogP contribution in [-0.4, -0.2) is 70.1 Å². The molecule has 184 valence electrons. The summed E-state index contributed by atoms with van der Waals surface area (Å²) in [5.74, 6) is 1.88. The van der Waals surface area contributed by atoms with Gasteiger partial charge in [-0.1, -0.05) is 18.2 Å². The molecular formula is C27H35N7O. The Morgan fingerprint density at radius 1 is 0.800 bits per heavy atom. The number of hydrogen-bond acceptors (Lipinski definition) is 6. The Morgan fingerprint density at radius 3 is 2.17 bits per heavy atom. The van der Waals surface area contributed by atoms with E-state index >= 15 is 0 Å². The van der Waals surface area contributed by atoms with Gasteiger partial charge in [0.2, 0.25) is 5.91 Å². The summed E-state index contributed by atoms with van der Waals surface area (Å²) in [6.07, 6.45) is 4.91. The molecule has 1 aromatic carbocycles. The van der Waals surface area contributed by atoms with Crippen molar-refractivity contribution in [3.05, 3.63) is 59.4 Å². The molecule has 2 aromatic heterocycles. The predicted molar refractivity (Wildman–Crippen MR) is 138 cm³/mol. The molecule has 0 N–H and O–H groups in total. The van der Waals surface area contributed by atoms with Crippen LogP contribution in [0.25, 0.3) is 5.82 Å². The second-order valence-corrected chi connectivity index (χ2v) is 9.56. The monoisotopic (exact) mass is 473 g/mol. The average molecular weight is 474 g/mol. The van der Waals surface area contributed by atoms with Gasteiger partial charge in [0.15, 0.2) is 11.6 Å². The zero-order chi connectivity index (χ0) is 24.2. The maximum atomic E-state index is 13.0. The summed E-state index contributed by atoms with van der Waals surface area (Å²) < 4.78 is 1.86. The summed E-state index contributed by atoms with van der Waals surface area (Å²) in [5.41, 5.74) is 4.34. The fourth-order valence-electron chi connectivity index (χ4n) is 5.23. The summed E-state index contributed by atoms with van der Waals surface area (Å²) in [6.45, 7) is 9.44. The molecule has 0 unspecified atom stereocenters. The lowest BCUT2D eigenvalue weighted by Crippen LogP contribution is -2.48. The lowest BCUT2D eigenvalue weighted by atomic mass is 10.1. The number of rotatable bonds is 6. The van der Waals surface area contributed by atoms with Crippen molar-refractivity contribution in [2.75, 3.05) is 49.1 Å².